The lowest BCUT2D eigenvalue weighted by Gasteiger charge is -2.44. The van der Waals surface area contributed by atoms with Crippen LogP contribution in [0.3, 0.4) is 0 Å². The van der Waals surface area contributed by atoms with Crippen LogP contribution in [0.25, 0.3) is 0 Å². The Morgan fingerprint density at radius 1 is 0.971 bits per heavy atom. The summed E-state index contributed by atoms with van der Waals surface area (Å²) in [6.07, 6.45) is 8.48. The summed E-state index contributed by atoms with van der Waals surface area (Å²) in [7, 11) is 0. The molecule has 174 valence electrons. The summed E-state index contributed by atoms with van der Waals surface area (Å²) in [5.41, 5.74) is 1.12. The van der Waals surface area contributed by atoms with Crippen molar-refractivity contribution in [1.82, 2.24) is 15.0 Å². The fourth-order valence-electron chi connectivity index (χ4n) is 5.17. The largest absolute Gasteiger partial charge is 0.487 e. The van der Waals surface area contributed by atoms with Gasteiger partial charge >= 0.3 is 0 Å². The molecule has 0 saturated carbocycles. The van der Waals surface area contributed by atoms with E-state index in [0.717, 1.165) is 65.4 Å². The zero-order valence-corrected chi connectivity index (χ0v) is 19.5. The minimum absolute atomic E-state index is 0.0674. The summed E-state index contributed by atoms with van der Waals surface area (Å²) in [6.45, 7) is 3.70. The first-order chi connectivity index (χ1) is 16.7. The second kappa shape index (κ2) is 7.74. The summed E-state index contributed by atoms with van der Waals surface area (Å²) in [4.78, 5) is 17.2. The second-order valence-electron chi connectivity index (χ2n) is 9.55. The first-order valence-electron chi connectivity index (χ1n) is 11.7. The van der Waals surface area contributed by atoms with Crippen molar-refractivity contribution in [2.24, 2.45) is 0 Å². The molecular weight excluding hydrogens is 450 g/mol. The number of piperidine rings is 1. The van der Waals surface area contributed by atoms with Gasteiger partial charge in [-0.15, -0.1) is 0 Å². The highest BCUT2D eigenvalue weighted by atomic mass is 32.2. The SMILES string of the molecule is c1ccc2c(c1)CC1(CCN(c3cnc(Sc4ccnc5c4OCC4(COC4)N5)cn3)CC1)O2. The number of hydrogen-bond acceptors (Lipinski definition) is 9. The molecule has 2 aromatic heterocycles. The number of para-hydroxylation sites is 1. The van der Waals surface area contributed by atoms with Crippen LogP contribution in [0.2, 0.25) is 0 Å². The van der Waals surface area contributed by atoms with Crippen LogP contribution in [0.4, 0.5) is 11.6 Å². The minimum atomic E-state index is -0.135. The lowest BCUT2D eigenvalue weighted by Crippen LogP contribution is -2.61. The van der Waals surface area contributed by atoms with Gasteiger partial charge in [-0.25, -0.2) is 15.0 Å². The van der Waals surface area contributed by atoms with Gasteiger partial charge in [0.1, 0.15) is 34.3 Å². The van der Waals surface area contributed by atoms with E-state index in [1.165, 1.54) is 5.56 Å². The number of hydrogen-bond donors (Lipinski definition) is 1. The predicted molar refractivity (Wildman–Crippen MR) is 128 cm³/mol. The van der Waals surface area contributed by atoms with Crippen molar-refractivity contribution in [3.05, 3.63) is 54.5 Å². The van der Waals surface area contributed by atoms with Crippen LogP contribution in [0.5, 0.6) is 11.5 Å². The van der Waals surface area contributed by atoms with Crippen LogP contribution in [0.15, 0.2) is 58.8 Å². The molecule has 1 aromatic carbocycles. The zero-order valence-electron chi connectivity index (χ0n) is 18.7. The van der Waals surface area contributed by atoms with Crippen molar-refractivity contribution < 1.29 is 14.2 Å². The second-order valence-corrected chi connectivity index (χ2v) is 10.6. The van der Waals surface area contributed by atoms with Gasteiger partial charge in [0.2, 0.25) is 0 Å². The van der Waals surface area contributed by atoms with Gasteiger partial charge in [0.25, 0.3) is 0 Å². The average molecular weight is 476 g/mol. The summed E-state index contributed by atoms with van der Waals surface area (Å²) >= 11 is 1.54. The fraction of sp³-hybridized carbons (Fsp3) is 0.400. The molecule has 6 heterocycles. The Morgan fingerprint density at radius 3 is 2.62 bits per heavy atom. The van der Waals surface area contributed by atoms with E-state index in [1.54, 1.807) is 18.0 Å². The molecule has 0 atom stereocenters. The van der Waals surface area contributed by atoms with E-state index in [2.05, 4.69) is 38.4 Å². The van der Waals surface area contributed by atoms with Gasteiger partial charge < -0.3 is 24.4 Å². The van der Waals surface area contributed by atoms with Crippen molar-refractivity contribution in [1.29, 1.82) is 0 Å². The van der Waals surface area contributed by atoms with Crippen molar-refractivity contribution >= 4 is 23.4 Å². The third kappa shape index (κ3) is 3.45. The number of pyridine rings is 1. The van der Waals surface area contributed by atoms with Gasteiger partial charge in [-0.05, 0) is 17.7 Å². The Balaban J connectivity index is 1.01. The molecule has 4 aliphatic heterocycles. The molecule has 4 aliphatic rings. The van der Waals surface area contributed by atoms with E-state index < -0.39 is 0 Å². The third-order valence-corrected chi connectivity index (χ3v) is 8.10. The number of nitrogens with zero attached hydrogens (tertiary/aromatic N) is 4. The Hall–Kier alpha value is -3.04. The van der Waals surface area contributed by atoms with Crippen molar-refractivity contribution in [2.45, 2.75) is 40.3 Å². The summed E-state index contributed by atoms with van der Waals surface area (Å²) < 4.78 is 17.8. The maximum absolute atomic E-state index is 6.38. The smallest absolute Gasteiger partial charge is 0.175 e. The highest BCUT2D eigenvalue weighted by molar-refractivity contribution is 7.99. The quantitative estimate of drug-likeness (QED) is 0.611. The molecule has 1 N–H and O–H groups in total. The Kier molecular flexibility index (Phi) is 4.63. The number of benzene rings is 1. The number of anilines is 2. The Labute approximate surface area is 202 Å². The van der Waals surface area contributed by atoms with E-state index in [-0.39, 0.29) is 11.1 Å². The van der Waals surface area contributed by atoms with E-state index in [1.807, 2.05) is 24.5 Å². The lowest BCUT2D eigenvalue weighted by atomic mass is 9.87. The van der Waals surface area contributed by atoms with Crippen LogP contribution in [0.1, 0.15) is 18.4 Å². The maximum Gasteiger partial charge on any atom is 0.175 e. The molecule has 0 unspecified atom stereocenters. The van der Waals surface area contributed by atoms with Crippen LogP contribution in [0, 0.1) is 0 Å². The number of ether oxygens (including phenoxy) is 3. The molecule has 2 fully saturated rings. The Bertz CT molecular complexity index is 1200. The number of fused-ring (bicyclic) bond motifs is 2. The maximum atomic E-state index is 6.38. The summed E-state index contributed by atoms with van der Waals surface area (Å²) in [5.74, 6) is 3.50. The lowest BCUT2D eigenvalue weighted by molar-refractivity contribution is -0.0652. The average Bonchev–Trinajstić information content (AvgIpc) is 3.21. The van der Waals surface area contributed by atoms with Crippen LogP contribution in [-0.4, -0.2) is 59.0 Å². The molecule has 8 nitrogen and oxygen atoms in total. The first kappa shape index (κ1) is 20.3. The standard InChI is InChI=1S/C25H25N5O3S/c1-2-4-18-17(3-1)11-25(33-18)6-9-30(10-7-25)20-12-28-21(13-27-20)34-19-5-8-26-23-22(19)32-16-24(29-23)14-31-15-24/h1-5,8,12-13H,6-7,9-11,14-16H2,(H,26,29). The zero-order chi connectivity index (χ0) is 22.6. The molecule has 2 spiro atoms. The number of rotatable bonds is 3. The molecule has 3 aromatic rings. The van der Waals surface area contributed by atoms with Crippen molar-refractivity contribution in [2.75, 3.05) is 43.1 Å². The van der Waals surface area contributed by atoms with Crippen molar-refractivity contribution in [3.63, 3.8) is 0 Å². The fourth-order valence-corrected chi connectivity index (χ4v) is 5.98. The molecule has 0 bridgehead atoms. The molecule has 2 saturated heterocycles. The molecule has 9 heteroatoms. The van der Waals surface area contributed by atoms with Gasteiger partial charge in [0.05, 0.1) is 30.5 Å². The van der Waals surface area contributed by atoms with E-state index in [0.29, 0.717) is 19.8 Å². The minimum Gasteiger partial charge on any atom is -0.487 e. The van der Waals surface area contributed by atoms with E-state index in [4.69, 9.17) is 19.2 Å². The highest BCUT2D eigenvalue weighted by Crippen LogP contribution is 2.43. The predicted octanol–water partition coefficient (Wildman–Crippen LogP) is 3.57. The van der Waals surface area contributed by atoms with Crippen LogP contribution < -0.4 is 19.7 Å². The molecule has 34 heavy (non-hydrogen) atoms. The monoisotopic (exact) mass is 475 g/mol. The van der Waals surface area contributed by atoms with E-state index in [9.17, 15) is 0 Å². The van der Waals surface area contributed by atoms with E-state index >= 15 is 0 Å². The van der Waals surface area contributed by atoms with Gasteiger partial charge in [0, 0.05) is 38.5 Å². The van der Waals surface area contributed by atoms with Gasteiger partial charge in [-0.2, -0.15) is 0 Å². The van der Waals surface area contributed by atoms with Gasteiger partial charge in [-0.1, -0.05) is 30.0 Å². The number of aromatic nitrogens is 3. The van der Waals surface area contributed by atoms with Crippen LogP contribution >= 0.6 is 11.8 Å². The Morgan fingerprint density at radius 2 is 1.85 bits per heavy atom. The number of nitrogens with one attached hydrogen (secondary N) is 1. The summed E-state index contributed by atoms with van der Waals surface area (Å²) in [5, 5.41) is 4.32. The molecule has 0 radical (unpaired) electrons. The molecule has 7 rings (SSSR count). The van der Waals surface area contributed by atoms with Crippen LogP contribution in [-0.2, 0) is 11.2 Å². The normalized spacial score (nSPS) is 21.1. The third-order valence-electron chi connectivity index (χ3n) is 7.14. The topological polar surface area (TPSA) is 81.6 Å². The van der Waals surface area contributed by atoms with Gasteiger partial charge in [-0.3, -0.25) is 0 Å². The highest BCUT2D eigenvalue weighted by Gasteiger charge is 2.44. The summed E-state index contributed by atoms with van der Waals surface area (Å²) in [6, 6.07) is 10.4. The first-order valence-corrected chi connectivity index (χ1v) is 12.5. The molecule has 0 aliphatic carbocycles. The molecule has 0 amide bonds. The molecular formula is C25H25N5O3S. The van der Waals surface area contributed by atoms with Crippen molar-refractivity contribution in [3.8, 4) is 11.5 Å². The van der Waals surface area contributed by atoms with Gasteiger partial charge in [0.15, 0.2) is 11.6 Å².